The Morgan fingerprint density at radius 3 is 2.82 bits per heavy atom. The van der Waals surface area contributed by atoms with Crippen molar-refractivity contribution >= 4 is 5.97 Å². The van der Waals surface area contributed by atoms with Crippen molar-refractivity contribution in [2.45, 2.75) is 46.0 Å². The van der Waals surface area contributed by atoms with Gasteiger partial charge < -0.3 is 4.74 Å². The summed E-state index contributed by atoms with van der Waals surface area (Å²) in [5, 5.41) is 0. The van der Waals surface area contributed by atoms with Gasteiger partial charge in [0.25, 0.3) is 0 Å². The molecule has 1 saturated heterocycles. The normalized spacial score (nSPS) is 30.7. The second kappa shape index (κ2) is 4.67. The fraction of sp³-hybridized carbons (Fsp3) is 0.667. The van der Waals surface area contributed by atoms with Crippen LogP contribution in [-0.2, 0) is 9.53 Å². The topological polar surface area (TPSA) is 26.3 Å². The molecule has 0 aromatic rings. The molecular formula is C15H22O2. The summed E-state index contributed by atoms with van der Waals surface area (Å²) in [5.74, 6) is 0.390. The highest BCUT2D eigenvalue weighted by Crippen LogP contribution is 2.45. The zero-order chi connectivity index (χ0) is 12.5. The predicted molar refractivity (Wildman–Crippen MR) is 68.5 cm³/mol. The first kappa shape index (κ1) is 12.4. The number of carbonyl (C=O) groups excluding carboxylic acids is 1. The van der Waals surface area contributed by atoms with Gasteiger partial charge in [0.15, 0.2) is 0 Å². The maximum Gasteiger partial charge on any atom is 0.333 e. The van der Waals surface area contributed by atoms with E-state index in [4.69, 9.17) is 4.74 Å². The third kappa shape index (κ3) is 2.62. The van der Waals surface area contributed by atoms with Crippen LogP contribution in [0.5, 0.6) is 0 Å². The lowest BCUT2D eigenvalue weighted by atomic mass is 9.65. The second-order valence-electron chi connectivity index (χ2n) is 5.90. The number of carbonyl (C=O) groups is 1. The number of hydrogen-bond acceptors (Lipinski definition) is 2. The zero-order valence-electron chi connectivity index (χ0n) is 10.9. The Morgan fingerprint density at radius 2 is 2.24 bits per heavy atom. The van der Waals surface area contributed by atoms with E-state index in [1.54, 1.807) is 0 Å². The monoisotopic (exact) mass is 234 g/mol. The first-order chi connectivity index (χ1) is 8.00. The second-order valence-corrected chi connectivity index (χ2v) is 5.90. The van der Waals surface area contributed by atoms with Gasteiger partial charge in [-0.15, -0.1) is 0 Å². The maximum absolute atomic E-state index is 11.4. The molecule has 2 fully saturated rings. The average Bonchev–Trinajstić information content (AvgIpc) is 2.63. The molecule has 0 spiro atoms. The molecular weight excluding hydrogens is 212 g/mol. The van der Waals surface area contributed by atoms with Gasteiger partial charge in [0.2, 0.25) is 0 Å². The molecule has 1 aliphatic heterocycles. The van der Waals surface area contributed by atoms with Crippen LogP contribution in [0.2, 0.25) is 0 Å². The fourth-order valence-corrected chi connectivity index (χ4v) is 3.05. The number of hydrogen-bond donors (Lipinski definition) is 0. The van der Waals surface area contributed by atoms with Crippen molar-refractivity contribution in [2.24, 2.45) is 11.3 Å². The maximum atomic E-state index is 11.4. The van der Waals surface area contributed by atoms with Crippen LogP contribution in [0.4, 0.5) is 0 Å². The van der Waals surface area contributed by atoms with Gasteiger partial charge in [-0.3, -0.25) is 0 Å². The van der Waals surface area contributed by atoms with Crippen molar-refractivity contribution in [1.82, 2.24) is 0 Å². The molecule has 0 amide bonds. The van der Waals surface area contributed by atoms with E-state index in [9.17, 15) is 4.79 Å². The molecule has 0 aromatic carbocycles. The highest BCUT2D eigenvalue weighted by molar-refractivity contribution is 5.90. The summed E-state index contributed by atoms with van der Waals surface area (Å²) < 4.78 is 4.95. The summed E-state index contributed by atoms with van der Waals surface area (Å²) in [7, 11) is 0. The van der Waals surface area contributed by atoms with Gasteiger partial charge in [-0.05, 0) is 37.0 Å². The highest BCUT2D eigenvalue weighted by Gasteiger charge is 2.34. The summed E-state index contributed by atoms with van der Waals surface area (Å²) in [6.07, 6.45) is 7.44. The summed E-state index contributed by atoms with van der Waals surface area (Å²) in [6.45, 7) is 9.39. The van der Waals surface area contributed by atoms with E-state index in [0.29, 0.717) is 17.9 Å². The van der Waals surface area contributed by atoms with Gasteiger partial charge in [-0.1, -0.05) is 32.1 Å². The van der Waals surface area contributed by atoms with Crippen molar-refractivity contribution in [3.05, 3.63) is 23.8 Å². The van der Waals surface area contributed by atoms with E-state index in [1.807, 2.05) is 0 Å². The van der Waals surface area contributed by atoms with Crippen molar-refractivity contribution in [1.29, 1.82) is 0 Å². The quantitative estimate of drug-likeness (QED) is 0.414. The third-order valence-electron chi connectivity index (χ3n) is 4.22. The largest absolute Gasteiger partial charge is 0.462 e. The van der Waals surface area contributed by atoms with Crippen LogP contribution in [0, 0.1) is 11.3 Å². The molecule has 2 rings (SSSR count). The van der Waals surface area contributed by atoms with E-state index in [2.05, 4.69) is 26.5 Å². The Balaban J connectivity index is 2.06. The van der Waals surface area contributed by atoms with E-state index in [1.165, 1.54) is 18.4 Å². The molecule has 2 aliphatic rings. The minimum absolute atomic E-state index is 0.121. The molecule has 0 N–H and O–H groups in total. The van der Waals surface area contributed by atoms with Crippen molar-refractivity contribution in [3.63, 3.8) is 0 Å². The number of esters is 1. The summed E-state index contributed by atoms with van der Waals surface area (Å²) in [5.41, 5.74) is 2.53. The lowest BCUT2D eigenvalue weighted by Crippen LogP contribution is -2.29. The number of rotatable bonds is 2. The first-order valence-electron chi connectivity index (χ1n) is 6.54. The van der Waals surface area contributed by atoms with Crippen LogP contribution < -0.4 is 0 Å². The van der Waals surface area contributed by atoms with Crippen molar-refractivity contribution < 1.29 is 9.53 Å². The summed E-state index contributed by atoms with van der Waals surface area (Å²) >= 11 is 0. The molecule has 17 heavy (non-hydrogen) atoms. The predicted octanol–water partition coefficient (Wildman–Crippen LogP) is 3.63. The van der Waals surface area contributed by atoms with Gasteiger partial charge in [0, 0.05) is 12.0 Å². The van der Waals surface area contributed by atoms with Crippen LogP contribution >= 0.6 is 0 Å². The molecule has 0 radical (unpaired) electrons. The Morgan fingerprint density at radius 1 is 1.47 bits per heavy atom. The number of cyclic esters (lactones) is 1. The fourth-order valence-electron chi connectivity index (χ4n) is 3.05. The lowest BCUT2D eigenvalue weighted by Gasteiger charge is -2.40. The molecule has 1 unspecified atom stereocenters. The molecule has 1 heterocycles. The molecule has 1 saturated carbocycles. The van der Waals surface area contributed by atoms with Crippen LogP contribution in [-0.4, -0.2) is 12.6 Å². The van der Waals surface area contributed by atoms with Crippen LogP contribution in [0.3, 0.4) is 0 Å². The molecule has 0 bridgehead atoms. The summed E-state index contributed by atoms with van der Waals surface area (Å²) in [6, 6.07) is 0. The molecule has 2 nitrogen and oxygen atoms in total. The SMILES string of the molecule is C=C1CCCC(C)(C)C1C/C=C1\CCOC1=O. The smallest absolute Gasteiger partial charge is 0.333 e. The Bertz CT molecular complexity index is 363. The van der Waals surface area contributed by atoms with Crippen LogP contribution in [0.1, 0.15) is 46.0 Å². The van der Waals surface area contributed by atoms with Crippen molar-refractivity contribution in [2.75, 3.05) is 6.61 Å². The molecule has 94 valence electrons. The molecule has 1 atom stereocenters. The first-order valence-corrected chi connectivity index (χ1v) is 6.54. The van der Waals surface area contributed by atoms with Gasteiger partial charge in [-0.2, -0.15) is 0 Å². The van der Waals surface area contributed by atoms with E-state index >= 15 is 0 Å². The number of allylic oxidation sites excluding steroid dienone is 2. The lowest BCUT2D eigenvalue weighted by molar-refractivity contribution is -0.135. The van der Waals surface area contributed by atoms with Crippen LogP contribution in [0.15, 0.2) is 23.8 Å². The average molecular weight is 234 g/mol. The van der Waals surface area contributed by atoms with E-state index in [0.717, 1.165) is 24.8 Å². The standard InChI is InChI=1S/C15H22O2/c1-11-5-4-9-15(2,3)13(11)7-6-12-8-10-17-14(12)16/h6,13H,1,4-5,7-10H2,2-3H3/b12-6+. The van der Waals surface area contributed by atoms with Gasteiger partial charge >= 0.3 is 5.97 Å². The number of ether oxygens (including phenoxy) is 1. The third-order valence-corrected chi connectivity index (χ3v) is 4.22. The van der Waals surface area contributed by atoms with E-state index < -0.39 is 0 Å². The highest BCUT2D eigenvalue weighted by atomic mass is 16.5. The molecule has 2 heteroatoms. The Hall–Kier alpha value is -1.05. The molecule has 1 aliphatic carbocycles. The van der Waals surface area contributed by atoms with Crippen LogP contribution in [0.25, 0.3) is 0 Å². The minimum atomic E-state index is -0.121. The van der Waals surface area contributed by atoms with Gasteiger partial charge in [0.05, 0.1) is 6.61 Å². The van der Waals surface area contributed by atoms with Crippen molar-refractivity contribution in [3.8, 4) is 0 Å². The summed E-state index contributed by atoms with van der Waals surface area (Å²) in [4.78, 5) is 11.4. The minimum Gasteiger partial charge on any atom is -0.462 e. The molecule has 0 aromatic heterocycles. The van der Waals surface area contributed by atoms with Gasteiger partial charge in [0.1, 0.15) is 0 Å². The van der Waals surface area contributed by atoms with E-state index in [-0.39, 0.29) is 5.97 Å². The Kier molecular flexibility index (Phi) is 3.41. The zero-order valence-corrected chi connectivity index (χ0v) is 10.9. The Labute approximate surface area is 104 Å². The van der Waals surface area contributed by atoms with Gasteiger partial charge in [-0.25, -0.2) is 4.79 Å².